The quantitative estimate of drug-likeness (QED) is 0.730. The van der Waals surface area contributed by atoms with Gasteiger partial charge in [0.25, 0.3) is 0 Å². The average molecular weight is 300 g/mol. The van der Waals surface area contributed by atoms with Crippen LogP contribution in [0.5, 0.6) is 0 Å². The molecule has 0 aromatic carbocycles. The van der Waals surface area contributed by atoms with E-state index in [4.69, 9.17) is 0 Å². The van der Waals surface area contributed by atoms with Gasteiger partial charge in [-0.05, 0) is 6.92 Å². The number of rotatable bonds is 8. The van der Waals surface area contributed by atoms with Crippen LogP contribution in [0.15, 0.2) is 29.4 Å². The molecule has 0 atom stereocenters. The molecule has 0 saturated heterocycles. The molecule has 6 nitrogen and oxygen atoms in total. The third-order valence-corrected chi connectivity index (χ3v) is 4.46. The molecule has 0 aliphatic heterocycles. The SMILES string of the molecule is C=C(C)CN(C)S(=O)(=O)c1cnn(CCNC(C)C)c1. The largest absolute Gasteiger partial charge is 0.313 e. The van der Waals surface area contributed by atoms with Crippen molar-refractivity contribution in [1.29, 1.82) is 0 Å². The molecule has 20 heavy (non-hydrogen) atoms. The first-order valence-corrected chi connectivity index (χ1v) is 8.04. The van der Waals surface area contributed by atoms with Crippen LogP contribution in [0, 0.1) is 0 Å². The van der Waals surface area contributed by atoms with E-state index >= 15 is 0 Å². The molecule has 1 N–H and O–H groups in total. The number of sulfonamides is 1. The van der Waals surface area contributed by atoms with E-state index < -0.39 is 10.0 Å². The van der Waals surface area contributed by atoms with Crippen LogP contribution in [0.1, 0.15) is 20.8 Å². The Bertz CT molecular complexity index is 548. The molecule has 0 radical (unpaired) electrons. The molecule has 0 unspecified atom stereocenters. The van der Waals surface area contributed by atoms with Crippen LogP contribution in [-0.2, 0) is 16.6 Å². The maximum atomic E-state index is 12.3. The zero-order chi connectivity index (χ0) is 15.3. The van der Waals surface area contributed by atoms with Gasteiger partial charge in [-0.15, -0.1) is 0 Å². The van der Waals surface area contributed by atoms with Crippen LogP contribution in [0.3, 0.4) is 0 Å². The maximum Gasteiger partial charge on any atom is 0.246 e. The molecule has 1 aromatic rings. The summed E-state index contributed by atoms with van der Waals surface area (Å²) >= 11 is 0. The van der Waals surface area contributed by atoms with E-state index in [2.05, 4.69) is 30.8 Å². The molecule has 1 rings (SSSR count). The molecule has 7 heteroatoms. The smallest absolute Gasteiger partial charge is 0.246 e. The highest BCUT2D eigenvalue weighted by molar-refractivity contribution is 7.89. The average Bonchev–Trinajstić information content (AvgIpc) is 2.76. The lowest BCUT2D eigenvalue weighted by Crippen LogP contribution is -2.28. The second kappa shape index (κ2) is 7.01. The van der Waals surface area contributed by atoms with Gasteiger partial charge in [-0.25, -0.2) is 8.42 Å². The molecule has 1 aromatic heterocycles. The third-order valence-electron chi connectivity index (χ3n) is 2.70. The molecule has 1 heterocycles. The standard InChI is InChI=1S/C13H24N4O2S/c1-11(2)9-16(5)20(18,19)13-8-15-17(10-13)7-6-14-12(3)4/h8,10,12,14H,1,6-7,9H2,2-5H3. The van der Waals surface area contributed by atoms with Gasteiger partial charge in [0.15, 0.2) is 0 Å². The third kappa shape index (κ3) is 4.73. The highest BCUT2D eigenvalue weighted by Gasteiger charge is 2.22. The fourth-order valence-corrected chi connectivity index (χ4v) is 2.90. The monoisotopic (exact) mass is 300 g/mol. The van der Waals surface area contributed by atoms with E-state index in [1.807, 2.05) is 0 Å². The summed E-state index contributed by atoms with van der Waals surface area (Å²) in [6.45, 7) is 11.3. The fourth-order valence-electron chi connectivity index (χ4n) is 1.71. The predicted octanol–water partition coefficient (Wildman–Crippen LogP) is 1.08. The number of nitrogens with one attached hydrogen (secondary N) is 1. The van der Waals surface area contributed by atoms with Crippen molar-refractivity contribution in [2.45, 2.75) is 38.3 Å². The van der Waals surface area contributed by atoms with Crippen LogP contribution in [-0.4, -0.2) is 48.7 Å². The minimum Gasteiger partial charge on any atom is -0.313 e. The summed E-state index contributed by atoms with van der Waals surface area (Å²) in [5.41, 5.74) is 0.796. The Balaban J connectivity index is 2.72. The van der Waals surface area contributed by atoms with Crippen LogP contribution in [0.4, 0.5) is 0 Å². The van der Waals surface area contributed by atoms with E-state index in [1.165, 1.54) is 10.5 Å². The second-order valence-corrected chi connectivity index (χ2v) is 7.31. The Labute approximate surface area is 121 Å². The minimum atomic E-state index is -3.49. The normalized spacial score (nSPS) is 12.3. The van der Waals surface area contributed by atoms with Crippen molar-refractivity contribution in [2.75, 3.05) is 20.1 Å². The molecular formula is C13H24N4O2S. The molecule has 0 amide bonds. The van der Waals surface area contributed by atoms with Crippen molar-refractivity contribution in [1.82, 2.24) is 19.4 Å². The summed E-state index contributed by atoms with van der Waals surface area (Å²) in [6, 6.07) is 0.399. The van der Waals surface area contributed by atoms with Gasteiger partial charge in [-0.1, -0.05) is 26.0 Å². The molecule has 114 valence electrons. The van der Waals surface area contributed by atoms with Crippen molar-refractivity contribution in [2.24, 2.45) is 0 Å². The summed E-state index contributed by atoms with van der Waals surface area (Å²) in [5, 5.41) is 7.35. The number of hydrogen-bond donors (Lipinski definition) is 1. The zero-order valence-electron chi connectivity index (χ0n) is 12.6. The van der Waals surface area contributed by atoms with Crippen LogP contribution < -0.4 is 5.32 Å². The van der Waals surface area contributed by atoms with Crippen molar-refractivity contribution < 1.29 is 8.42 Å². The van der Waals surface area contributed by atoms with Crippen molar-refractivity contribution in [3.8, 4) is 0 Å². The first-order chi connectivity index (χ1) is 9.23. The Kier molecular flexibility index (Phi) is 5.91. The van der Waals surface area contributed by atoms with Crippen molar-refractivity contribution >= 4 is 10.0 Å². The first kappa shape index (κ1) is 16.9. The summed E-state index contributed by atoms with van der Waals surface area (Å²) in [7, 11) is -1.94. The predicted molar refractivity (Wildman–Crippen MR) is 80.0 cm³/mol. The number of nitrogens with zero attached hydrogens (tertiary/aromatic N) is 3. The van der Waals surface area contributed by atoms with Crippen LogP contribution in [0.2, 0.25) is 0 Å². The maximum absolute atomic E-state index is 12.3. The Morgan fingerprint density at radius 3 is 2.75 bits per heavy atom. The van der Waals surface area contributed by atoms with E-state index in [-0.39, 0.29) is 4.90 Å². The van der Waals surface area contributed by atoms with Gasteiger partial charge < -0.3 is 5.32 Å². The highest BCUT2D eigenvalue weighted by atomic mass is 32.2. The van der Waals surface area contributed by atoms with Gasteiger partial charge in [0, 0.05) is 32.4 Å². The highest BCUT2D eigenvalue weighted by Crippen LogP contribution is 2.14. The van der Waals surface area contributed by atoms with Gasteiger partial charge in [-0.3, -0.25) is 4.68 Å². The van der Waals surface area contributed by atoms with Gasteiger partial charge in [-0.2, -0.15) is 9.40 Å². The lowest BCUT2D eigenvalue weighted by molar-refractivity contribution is 0.492. The lowest BCUT2D eigenvalue weighted by atomic mass is 10.4. The summed E-state index contributed by atoms with van der Waals surface area (Å²) in [6.07, 6.45) is 2.95. The number of likely N-dealkylation sites (N-methyl/N-ethyl adjacent to an activating group) is 1. The first-order valence-electron chi connectivity index (χ1n) is 6.60. The lowest BCUT2D eigenvalue weighted by Gasteiger charge is -2.15. The number of aromatic nitrogens is 2. The van der Waals surface area contributed by atoms with Crippen LogP contribution >= 0.6 is 0 Å². The molecule has 0 bridgehead atoms. The van der Waals surface area contributed by atoms with E-state index in [9.17, 15) is 8.42 Å². The Morgan fingerprint density at radius 2 is 2.20 bits per heavy atom. The summed E-state index contributed by atoms with van der Waals surface area (Å²) < 4.78 is 27.5. The second-order valence-electron chi connectivity index (χ2n) is 5.27. The van der Waals surface area contributed by atoms with Gasteiger partial charge in [0.05, 0.1) is 12.7 Å². The fraction of sp³-hybridized carbons (Fsp3) is 0.615. The zero-order valence-corrected chi connectivity index (χ0v) is 13.4. The molecular weight excluding hydrogens is 276 g/mol. The van der Waals surface area contributed by atoms with Gasteiger partial charge in [0.2, 0.25) is 10.0 Å². The number of hydrogen-bond acceptors (Lipinski definition) is 4. The Morgan fingerprint density at radius 1 is 1.55 bits per heavy atom. The van der Waals surface area contributed by atoms with E-state index in [1.54, 1.807) is 24.9 Å². The minimum absolute atomic E-state index is 0.214. The summed E-state index contributed by atoms with van der Waals surface area (Å²) in [5.74, 6) is 0. The topological polar surface area (TPSA) is 67.2 Å². The van der Waals surface area contributed by atoms with Gasteiger partial charge in [0.1, 0.15) is 4.90 Å². The van der Waals surface area contributed by atoms with Crippen LogP contribution in [0.25, 0.3) is 0 Å². The molecule has 0 aliphatic rings. The van der Waals surface area contributed by atoms with E-state index in [0.29, 0.717) is 19.1 Å². The molecule has 0 spiro atoms. The van der Waals surface area contributed by atoms with E-state index in [0.717, 1.165) is 12.1 Å². The van der Waals surface area contributed by atoms with Crippen molar-refractivity contribution in [3.05, 3.63) is 24.5 Å². The molecule has 0 aliphatic carbocycles. The van der Waals surface area contributed by atoms with Gasteiger partial charge >= 0.3 is 0 Å². The van der Waals surface area contributed by atoms with Crippen molar-refractivity contribution in [3.63, 3.8) is 0 Å². The summed E-state index contributed by atoms with van der Waals surface area (Å²) in [4.78, 5) is 0.214. The molecule has 0 fully saturated rings. The molecule has 0 saturated carbocycles. The Hall–Kier alpha value is -1.18.